The number of methoxy groups -OCH3 is 1. The third kappa shape index (κ3) is 16.6. The molecule has 28 heteroatoms. The highest BCUT2D eigenvalue weighted by atomic mass is 79.9. The van der Waals surface area contributed by atoms with E-state index in [1.165, 1.54) is 29.8 Å². The van der Waals surface area contributed by atoms with Crippen molar-refractivity contribution >= 4 is 172 Å². The molecular weight excluding hydrogens is 1340 g/mol. The molecule has 0 fully saturated rings. The molecule has 10 heterocycles. The number of anilines is 4. The van der Waals surface area contributed by atoms with E-state index in [0.29, 0.717) is 67.0 Å². The number of nitrogen functional groups attached to an aromatic ring is 1. The van der Waals surface area contributed by atoms with Crippen LogP contribution in [0.2, 0.25) is 0 Å². The quantitative estimate of drug-likeness (QED) is 0.0496. The maximum absolute atomic E-state index is 12.4. The molecule has 2 aliphatic heterocycles. The lowest BCUT2D eigenvalue weighted by atomic mass is 10.1. The van der Waals surface area contributed by atoms with E-state index in [-0.39, 0.29) is 43.4 Å². The van der Waals surface area contributed by atoms with Crippen LogP contribution in [0.1, 0.15) is 63.6 Å². The van der Waals surface area contributed by atoms with E-state index in [1.807, 2.05) is 71.1 Å². The summed E-state index contributed by atoms with van der Waals surface area (Å²) in [5, 5.41) is 14.1. The van der Waals surface area contributed by atoms with Gasteiger partial charge in [0.15, 0.2) is 19.0 Å². The highest BCUT2D eigenvalue weighted by molar-refractivity contribution is 9.10. The number of ether oxygens (including phenoxy) is 3. The van der Waals surface area contributed by atoms with Crippen LogP contribution in [0.25, 0.3) is 31.0 Å². The van der Waals surface area contributed by atoms with Gasteiger partial charge in [-0.3, -0.25) is 29.0 Å². The number of pyridine rings is 5. The van der Waals surface area contributed by atoms with Crippen molar-refractivity contribution in [2.24, 2.45) is 0 Å². The number of thiazole rings is 3. The lowest BCUT2D eigenvalue weighted by molar-refractivity contribution is -0.122. The second kappa shape index (κ2) is 29.6. The van der Waals surface area contributed by atoms with Crippen LogP contribution in [0.4, 0.5) is 22.7 Å². The van der Waals surface area contributed by atoms with Crippen LogP contribution < -0.4 is 30.3 Å². The van der Waals surface area contributed by atoms with Gasteiger partial charge in [0, 0.05) is 36.5 Å². The van der Waals surface area contributed by atoms with Crippen molar-refractivity contribution in [3.05, 3.63) is 161 Å². The molecule has 0 atom stereocenters. The van der Waals surface area contributed by atoms with Crippen LogP contribution in [0.3, 0.4) is 0 Å². The number of Topliss-reactive ketones (excluding diaryl/α,β-unsaturated/α-hetero) is 1. The maximum atomic E-state index is 12.4. The summed E-state index contributed by atoms with van der Waals surface area (Å²) in [5.74, 6) is -0.0370. The van der Waals surface area contributed by atoms with Gasteiger partial charge in [-0.1, -0.05) is 34.0 Å². The van der Waals surface area contributed by atoms with Gasteiger partial charge in [0.25, 0.3) is 11.8 Å². The lowest BCUT2D eigenvalue weighted by Gasteiger charge is -2.29. The fourth-order valence-corrected chi connectivity index (χ4v) is 11.3. The number of carbonyl (C=O) groups is 5. The lowest BCUT2D eigenvalue weighted by Crippen LogP contribution is -2.38. The topological polar surface area (TPSA) is 281 Å². The Bertz CT molecular complexity index is 4010. The fraction of sp³-hybridized carbons (Fsp3) is 0.224. The van der Waals surface area contributed by atoms with Crippen molar-refractivity contribution in [1.82, 2.24) is 39.9 Å². The number of alkyl halides is 2. The number of hydrogen-bond acceptors (Lipinski definition) is 21. The molecule has 2 aliphatic rings. The summed E-state index contributed by atoms with van der Waals surface area (Å²) in [5.41, 5.74) is 16.4. The summed E-state index contributed by atoms with van der Waals surface area (Å²) < 4.78 is 17.0. The molecule has 0 bridgehead atoms. The molecule has 0 spiro atoms. The Balaban J connectivity index is 0.000000149. The highest BCUT2D eigenvalue weighted by Gasteiger charge is 2.30. The number of nitrogens with two attached hydrogens (primary N) is 1. The zero-order valence-corrected chi connectivity index (χ0v) is 53.8. The number of amides is 3. The Kier molecular flexibility index (Phi) is 22.1. The van der Waals surface area contributed by atoms with Crippen LogP contribution >= 0.6 is 89.1 Å². The minimum atomic E-state index is -0.587. The summed E-state index contributed by atoms with van der Waals surface area (Å²) in [6, 6.07) is 19.3. The number of aliphatic hydroxyl groups excluding tert-OH is 1. The minimum absolute atomic E-state index is 0.0488. The number of esters is 1. The molecule has 444 valence electrons. The minimum Gasteiger partial charge on any atom is -0.482 e. The van der Waals surface area contributed by atoms with E-state index in [0.717, 1.165) is 73.9 Å². The number of fused-ring (bicyclic) bond motifs is 5. The number of ketones is 1. The van der Waals surface area contributed by atoms with E-state index < -0.39 is 18.4 Å². The number of nitrogens with one attached hydrogen (secondary N) is 1. The van der Waals surface area contributed by atoms with Crippen molar-refractivity contribution in [1.29, 1.82) is 0 Å². The predicted molar refractivity (Wildman–Crippen MR) is 342 cm³/mol. The van der Waals surface area contributed by atoms with Gasteiger partial charge in [-0.05, 0) is 161 Å². The Labute approximate surface area is 531 Å². The van der Waals surface area contributed by atoms with Gasteiger partial charge in [-0.2, -0.15) is 0 Å². The van der Waals surface area contributed by atoms with Crippen molar-refractivity contribution in [2.75, 3.05) is 53.7 Å². The molecule has 0 unspecified atom stereocenters. The SMILES string of the molecule is COC(=O)c1ccc2c(c1)N(Cc1nc3cc(C)cnc3s1)C(=O)CO2.Cc1cnc(Br)c(N)c1.Cc1cnc(Br)c(NC(=O)CCl)c1.Cc1cnc2sc(CCl)nc2c1.Cc1cnc2sc(CN3C(=O)COc4ccc(C(=O)CO)cc43)nc2c1. The number of hydrogen-bond donors (Lipinski definition) is 3. The average Bonchev–Trinajstić information content (AvgIpc) is 4.14. The molecular formula is C58H52Br2Cl2N12O9S3. The first kappa shape index (κ1) is 64.3. The Morgan fingerprint density at radius 1 is 0.628 bits per heavy atom. The number of aryl methyl sites for hydroxylation is 5. The first-order chi connectivity index (χ1) is 41.2. The summed E-state index contributed by atoms with van der Waals surface area (Å²) in [4.78, 5) is 99.6. The molecule has 2 aromatic carbocycles. The maximum Gasteiger partial charge on any atom is 0.337 e. The second-order valence-corrected chi connectivity index (χ2v) is 24.1. The summed E-state index contributed by atoms with van der Waals surface area (Å²) in [6.45, 7) is 9.63. The van der Waals surface area contributed by atoms with Gasteiger partial charge in [0.1, 0.15) is 79.3 Å². The van der Waals surface area contributed by atoms with Gasteiger partial charge < -0.3 is 30.4 Å². The van der Waals surface area contributed by atoms with Gasteiger partial charge in [-0.15, -0.1) is 23.2 Å². The molecule has 8 aromatic heterocycles. The second-order valence-electron chi connectivity index (χ2n) is 18.9. The van der Waals surface area contributed by atoms with Crippen LogP contribution in [0.5, 0.6) is 11.5 Å². The van der Waals surface area contributed by atoms with E-state index in [9.17, 15) is 24.0 Å². The molecule has 4 N–H and O–H groups in total. The van der Waals surface area contributed by atoms with Crippen molar-refractivity contribution in [2.45, 2.75) is 53.6 Å². The van der Waals surface area contributed by atoms with Crippen molar-refractivity contribution < 1.29 is 43.3 Å². The highest BCUT2D eigenvalue weighted by Crippen LogP contribution is 2.37. The van der Waals surface area contributed by atoms with Gasteiger partial charge >= 0.3 is 5.97 Å². The molecule has 86 heavy (non-hydrogen) atoms. The van der Waals surface area contributed by atoms with Crippen molar-refractivity contribution in [3.8, 4) is 11.5 Å². The monoisotopic (exact) mass is 1380 g/mol. The largest absolute Gasteiger partial charge is 0.482 e. The first-order valence-electron chi connectivity index (χ1n) is 25.7. The Morgan fingerprint density at radius 3 is 1.51 bits per heavy atom. The first-order valence-corrected chi connectivity index (χ1v) is 30.8. The molecule has 10 aromatic rings. The standard InChI is InChI=1S/2C18H15N3O4S.C8H8BrClN2O.C8H7ClN2S.C6H7BrN2/c1-10-5-12-17(19-7-10)26-15(20-12)8-21-13-6-11(18(23)24-2)3-4-14(13)25-9-16(21)22;1-10-4-12-18(19-6-10)26-16(20-12)7-21-13-5-11(14(23)8-22)2-3-15(13)25-9-17(21)24;1-5-2-6(8(9)11-4-5)12-7(13)3-10;1-5-2-6-8(10-4-5)12-7(3-9)11-6;1-4-2-5(8)6(7)9-3-4/h3-7H,8-9H2,1-2H3;2-6,22H,7-9H2,1H3;2,4H,3H2,1H3,(H,12,13);2,4H,3H2,1H3;2-3H,8H2,1H3. The third-order valence-corrected chi connectivity index (χ3v) is 16.9. The molecule has 0 aliphatic carbocycles. The van der Waals surface area contributed by atoms with Crippen LogP contribution in [-0.2, 0) is 38.1 Å². The number of aromatic nitrogens is 8. The third-order valence-electron chi connectivity index (χ3n) is 12.1. The normalized spacial score (nSPS) is 12.2. The van der Waals surface area contributed by atoms with Gasteiger partial charge in [-0.25, -0.2) is 44.7 Å². The van der Waals surface area contributed by atoms with Gasteiger partial charge in [0.05, 0.1) is 54.4 Å². The van der Waals surface area contributed by atoms with Gasteiger partial charge in [0.2, 0.25) is 5.91 Å². The number of halogens is 4. The number of aliphatic hydroxyl groups is 1. The summed E-state index contributed by atoms with van der Waals surface area (Å²) in [6.07, 6.45) is 8.90. The van der Waals surface area contributed by atoms with Crippen LogP contribution in [0.15, 0.2) is 107 Å². The smallest absolute Gasteiger partial charge is 0.337 e. The van der Waals surface area contributed by atoms with E-state index in [2.05, 4.69) is 77.0 Å². The Hall–Kier alpha value is -7.69. The zero-order valence-electron chi connectivity index (χ0n) is 46.7. The number of carbonyl (C=O) groups excluding carboxylic acids is 5. The molecule has 0 saturated heterocycles. The summed E-state index contributed by atoms with van der Waals surface area (Å²) in [7, 11) is 1.32. The summed E-state index contributed by atoms with van der Waals surface area (Å²) >= 11 is 21.8. The molecule has 0 radical (unpaired) electrons. The fourth-order valence-electron chi connectivity index (χ4n) is 8.03. The molecule has 3 amide bonds. The van der Waals surface area contributed by atoms with Crippen LogP contribution in [-0.4, -0.2) is 107 Å². The number of rotatable bonds is 10. The molecule has 0 saturated carbocycles. The predicted octanol–water partition coefficient (Wildman–Crippen LogP) is 11.6. The number of benzene rings is 2. The average molecular weight is 1390 g/mol. The van der Waals surface area contributed by atoms with Crippen molar-refractivity contribution in [3.63, 3.8) is 0 Å². The van der Waals surface area contributed by atoms with E-state index in [1.54, 1.807) is 82.3 Å². The van der Waals surface area contributed by atoms with Crippen LogP contribution in [0, 0.1) is 34.6 Å². The zero-order chi connectivity index (χ0) is 61.8. The van der Waals surface area contributed by atoms with E-state index >= 15 is 0 Å². The van der Waals surface area contributed by atoms with E-state index in [4.69, 9.17) is 48.3 Å². The number of nitrogens with zero attached hydrogens (tertiary/aromatic N) is 10. The molecule has 21 nitrogen and oxygen atoms in total. The Morgan fingerprint density at radius 2 is 1.06 bits per heavy atom. The molecule has 12 rings (SSSR count).